The number of nitrogens with one attached hydrogen (secondary N) is 4. The summed E-state index contributed by atoms with van der Waals surface area (Å²) in [5.74, 6) is 0.0457. The lowest BCUT2D eigenvalue weighted by molar-refractivity contribution is -0.138. The van der Waals surface area contributed by atoms with Gasteiger partial charge in [-0.2, -0.15) is 4.72 Å². The molecule has 0 aliphatic carbocycles. The van der Waals surface area contributed by atoms with Gasteiger partial charge in [-0.1, -0.05) is 6.07 Å². The highest BCUT2D eigenvalue weighted by Crippen LogP contribution is 2.28. The largest absolute Gasteiger partial charge is 0.493 e. The van der Waals surface area contributed by atoms with Gasteiger partial charge in [-0.25, -0.2) is 13.2 Å². The minimum Gasteiger partial charge on any atom is -0.493 e. The van der Waals surface area contributed by atoms with Crippen molar-refractivity contribution in [3.05, 3.63) is 23.8 Å². The Morgan fingerprint density at radius 2 is 2.05 bits per heavy atom. The summed E-state index contributed by atoms with van der Waals surface area (Å²) in [5.41, 5.74) is 0.953. The molecule has 1 saturated heterocycles. The van der Waals surface area contributed by atoms with E-state index in [1.165, 1.54) is 24.1 Å². The van der Waals surface area contributed by atoms with Crippen molar-refractivity contribution in [2.45, 2.75) is 62.6 Å². The Labute approximate surface area is 228 Å². The molecular formula is C25H36N6O7S. The molecule has 3 heterocycles. The number of methoxy groups -OCH3 is 1. The van der Waals surface area contributed by atoms with Gasteiger partial charge in [-0.3, -0.25) is 19.9 Å². The topological polar surface area (TPSA) is 168 Å². The smallest absolute Gasteiger partial charge is 0.413 e. The van der Waals surface area contributed by atoms with E-state index in [4.69, 9.17) is 4.74 Å². The van der Waals surface area contributed by atoms with Gasteiger partial charge in [0, 0.05) is 43.6 Å². The van der Waals surface area contributed by atoms with Gasteiger partial charge in [0.25, 0.3) is 0 Å². The van der Waals surface area contributed by atoms with Crippen molar-refractivity contribution in [1.82, 2.24) is 25.6 Å². The Morgan fingerprint density at radius 3 is 2.79 bits per heavy atom. The Bertz CT molecular complexity index is 1240. The predicted octanol–water partition coefficient (Wildman–Crippen LogP) is 0.106. The summed E-state index contributed by atoms with van der Waals surface area (Å²) in [6.45, 7) is 4.79. The third-order valence-corrected chi connectivity index (χ3v) is 8.81. The molecule has 214 valence electrons. The van der Waals surface area contributed by atoms with Crippen LogP contribution in [0.5, 0.6) is 5.75 Å². The highest BCUT2D eigenvalue weighted by molar-refractivity contribution is 7.89. The SMILES string of the molecule is COC(=O)NC1=NC[C@H](CNC(=O)CN2C(=O)[C@@H](NS(=O)(=O)c3ccc4c(c3)OCC4)CCC[C@H]2C)[C@@H](C)N1. The number of guanidine groups is 1. The second kappa shape index (κ2) is 12.2. The van der Waals surface area contributed by atoms with E-state index in [-0.39, 0.29) is 35.3 Å². The molecule has 0 spiro atoms. The van der Waals surface area contributed by atoms with Gasteiger partial charge in [0.2, 0.25) is 27.8 Å². The molecule has 4 atom stereocenters. The van der Waals surface area contributed by atoms with E-state index in [0.717, 1.165) is 12.0 Å². The standard InChI is InChI=1S/C25H36N6O7S/c1-15-5-4-6-20(30-39(35,36)19-8-7-17-9-10-38-21(17)11-19)23(33)31(15)14-22(32)26-12-18-13-27-24(28-16(18)2)29-25(34)37-3/h7-8,11,15-16,18,20,30H,4-6,9-10,12-14H2,1-3H3,(H,26,32)(H2,27,28,29,34)/t15-,16-,18+,20+/m1/s1. The third kappa shape index (κ3) is 6.98. The Kier molecular flexibility index (Phi) is 8.95. The van der Waals surface area contributed by atoms with Crippen LogP contribution in [-0.4, -0.2) is 88.7 Å². The van der Waals surface area contributed by atoms with Gasteiger partial charge in [0.15, 0.2) is 0 Å². The number of hydrogen-bond donors (Lipinski definition) is 4. The number of aliphatic imine (C=N–C) groups is 1. The van der Waals surface area contributed by atoms with Gasteiger partial charge < -0.3 is 25.0 Å². The summed E-state index contributed by atoms with van der Waals surface area (Å²) in [6, 6.07) is 3.45. The predicted molar refractivity (Wildman–Crippen MR) is 142 cm³/mol. The van der Waals surface area contributed by atoms with E-state index in [1.807, 2.05) is 13.8 Å². The fourth-order valence-corrected chi connectivity index (χ4v) is 6.13. The highest BCUT2D eigenvalue weighted by atomic mass is 32.2. The molecule has 1 aromatic carbocycles. The first-order valence-electron chi connectivity index (χ1n) is 13.1. The van der Waals surface area contributed by atoms with Crippen LogP contribution in [-0.2, 0) is 30.8 Å². The van der Waals surface area contributed by atoms with Gasteiger partial charge in [-0.05, 0) is 44.7 Å². The number of benzene rings is 1. The number of carbonyl (C=O) groups is 3. The summed E-state index contributed by atoms with van der Waals surface area (Å²) in [7, 11) is -2.72. The molecular weight excluding hydrogens is 528 g/mol. The lowest BCUT2D eigenvalue weighted by Gasteiger charge is -2.31. The number of carbonyl (C=O) groups excluding carboxylic acids is 3. The minimum absolute atomic E-state index is 0.0368. The van der Waals surface area contributed by atoms with Crippen LogP contribution in [0, 0.1) is 5.92 Å². The van der Waals surface area contributed by atoms with Crippen LogP contribution in [0.25, 0.3) is 0 Å². The maximum absolute atomic E-state index is 13.4. The molecule has 0 bridgehead atoms. The lowest BCUT2D eigenvalue weighted by Crippen LogP contribution is -2.55. The van der Waals surface area contributed by atoms with Crippen LogP contribution in [0.4, 0.5) is 4.79 Å². The molecule has 0 saturated carbocycles. The first-order valence-corrected chi connectivity index (χ1v) is 14.6. The number of amides is 3. The summed E-state index contributed by atoms with van der Waals surface area (Å²) < 4.78 is 38.8. The average Bonchev–Trinajstić information content (AvgIpc) is 3.33. The molecule has 1 fully saturated rings. The van der Waals surface area contributed by atoms with Crippen molar-refractivity contribution in [3.8, 4) is 5.75 Å². The van der Waals surface area contributed by atoms with E-state index in [9.17, 15) is 22.8 Å². The number of sulfonamides is 1. The van der Waals surface area contributed by atoms with Crippen LogP contribution >= 0.6 is 0 Å². The zero-order valence-electron chi connectivity index (χ0n) is 22.4. The Balaban J connectivity index is 1.34. The third-order valence-electron chi connectivity index (χ3n) is 7.34. The number of hydrogen-bond acceptors (Lipinski definition) is 9. The molecule has 3 aliphatic heterocycles. The van der Waals surface area contributed by atoms with E-state index >= 15 is 0 Å². The second-order valence-electron chi connectivity index (χ2n) is 10.1. The number of fused-ring (bicyclic) bond motifs is 1. The molecule has 0 aromatic heterocycles. The summed E-state index contributed by atoms with van der Waals surface area (Å²) in [6.07, 6.45) is 1.73. The monoisotopic (exact) mass is 564 g/mol. The van der Waals surface area contributed by atoms with Gasteiger partial charge >= 0.3 is 6.09 Å². The minimum atomic E-state index is -3.98. The van der Waals surface area contributed by atoms with Crippen molar-refractivity contribution >= 4 is 33.9 Å². The zero-order chi connectivity index (χ0) is 28.2. The molecule has 13 nitrogen and oxygen atoms in total. The number of likely N-dealkylation sites (tertiary alicyclic amines) is 1. The number of rotatable bonds is 7. The molecule has 39 heavy (non-hydrogen) atoms. The van der Waals surface area contributed by atoms with Crippen LogP contribution < -0.4 is 25.4 Å². The van der Waals surface area contributed by atoms with Crippen molar-refractivity contribution < 1.29 is 32.3 Å². The Morgan fingerprint density at radius 1 is 1.26 bits per heavy atom. The van der Waals surface area contributed by atoms with Crippen LogP contribution in [0.3, 0.4) is 0 Å². The van der Waals surface area contributed by atoms with Gasteiger partial charge in [0.1, 0.15) is 11.8 Å². The normalized spacial score (nSPS) is 24.9. The quantitative estimate of drug-likeness (QED) is 0.362. The molecule has 4 N–H and O–H groups in total. The lowest BCUT2D eigenvalue weighted by atomic mass is 10.00. The molecule has 0 unspecified atom stereocenters. The van der Waals surface area contributed by atoms with E-state index < -0.39 is 28.1 Å². The molecule has 4 rings (SSSR count). The zero-order valence-corrected chi connectivity index (χ0v) is 23.2. The van der Waals surface area contributed by atoms with E-state index in [0.29, 0.717) is 50.7 Å². The van der Waals surface area contributed by atoms with Crippen LogP contribution in [0.1, 0.15) is 38.7 Å². The fourth-order valence-electron chi connectivity index (χ4n) is 4.89. The summed E-state index contributed by atoms with van der Waals surface area (Å²) in [4.78, 5) is 43.4. The molecule has 14 heteroatoms. The van der Waals surface area contributed by atoms with Crippen LogP contribution in [0.15, 0.2) is 28.1 Å². The molecule has 0 radical (unpaired) electrons. The molecule has 1 aromatic rings. The maximum Gasteiger partial charge on any atom is 0.413 e. The first kappa shape index (κ1) is 28.6. The number of nitrogens with zero attached hydrogens (tertiary/aromatic N) is 2. The molecule has 3 amide bonds. The Hall–Kier alpha value is -3.39. The number of alkyl carbamates (subject to hydrolysis) is 1. The van der Waals surface area contributed by atoms with Crippen molar-refractivity contribution in [2.24, 2.45) is 10.9 Å². The average molecular weight is 565 g/mol. The first-order chi connectivity index (χ1) is 18.6. The van der Waals surface area contributed by atoms with Gasteiger partial charge in [-0.15, -0.1) is 0 Å². The summed E-state index contributed by atoms with van der Waals surface area (Å²) >= 11 is 0. The van der Waals surface area contributed by atoms with E-state index in [2.05, 4.69) is 30.4 Å². The van der Waals surface area contributed by atoms with Gasteiger partial charge in [0.05, 0.1) is 25.2 Å². The second-order valence-corrected chi connectivity index (χ2v) is 11.8. The number of ether oxygens (including phenoxy) is 2. The van der Waals surface area contributed by atoms with Crippen LogP contribution in [0.2, 0.25) is 0 Å². The van der Waals surface area contributed by atoms with Crippen molar-refractivity contribution in [2.75, 3.05) is 33.4 Å². The maximum atomic E-state index is 13.4. The fraction of sp³-hybridized carbons (Fsp3) is 0.600. The van der Waals surface area contributed by atoms with E-state index in [1.54, 1.807) is 6.07 Å². The van der Waals surface area contributed by atoms with Crippen molar-refractivity contribution in [1.29, 1.82) is 0 Å². The molecule has 3 aliphatic rings. The van der Waals surface area contributed by atoms with Crippen molar-refractivity contribution in [3.63, 3.8) is 0 Å². The highest BCUT2D eigenvalue weighted by Gasteiger charge is 2.35. The summed E-state index contributed by atoms with van der Waals surface area (Å²) in [5, 5.41) is 8.41.